The minimum atomic E-state index is -0.119. The second-order valence-electron chi connectivity index (χ2n) is 5.43. The summed E-state index contributed by atoms with van der Waals surface area (Å²) in [6, 6.07) is 15.4. The van der Waals surface area contributed by atoms with Crippen LogP contribution < -0.4 is 5.32 Å². The molecular weight excluding hydrogens is 409 g/mol. The molecule has 3 aromatic rings. The summed E-state index contributed by atoms with van der Waals surface area (Å²) in [6.45, 7) is 0. The zero-order chi connectivity index (χ0) is 18.4. The highest BCUT2D eigenvalue weighted by Crippen LogP contribution is 2.28. The van der Waals surface area contributed by atoms with Gasteiger partial charge in [-0.25, -0.2) is 0 Å². The summed E-state index contributed by atoms with van der Waals surface area (Å²) >= 11 is 15.0. The molecule has 8 heteroatoms. The first-order valence-corrected chi connectivity index (χ1v) is 10.4. The third kappa shape index (κ3) is 5.71. The van der Waals surface area contributed by atoms with Crippen molar-refractivity contribution in [2.45, 2.75) is 22.9 Å². The van der Waals surface area contributed by atoms with Crippen LogP contribution in [0.1, 0.15) is 17.5 Å². The third-order valence-electron chi connectivity index (χ3n) is 3.49. The maximum Gasteiger partial charge on any atom is 0.226 e. The lowest BCUT2D eigenvalue weighted by Crippen LogP contribution is -2.12. The van der Waals surface area contributed by atoms with E-state index in [1.54, 1.807) is 23.9 Å². The number of hydrogen-bond acceptors (Lipinski definition) is 5. The Morgan fingerprint density at radius 2 is 1.92 bits per heavy atom. The molecule has 3 rings (SSSR count). The molecule has 0 atom stereocenters. The molecule has 0 aliphatic carbocycles. The predicted molar refractivity (Wildman–Crippen MR) is 109 cm³/mol. The van der Waals surface area contributed by atoms with Gasteiger partial charge in [0.2, 0.25) is 11.0 Å². The number of amides is 1. The van der Waals surface area contributed by atoms with Crippen molar-refractivity contribution in [1.29, 1.82) is 0 Å². The number of benzene rings is 2. The van der Waals surface area contributed by atoms with Gasteiger partial charge in [-0.3, -0.25) is 4.79 Å². The predicted octanol–water partition coefficient (Wildman–Crippen LogP) is 5.71. The van der Waals surface area contributed by atoms with Crippen molar-refractivity contribution in [3.05, 3.63) is 69.7 Å². The molecule has 0 saturated heterocycles. The van der Waals surface area contributed by atoms with Crippen LogP contribution in [-0.2, 0) is 17.0 Å². The second-order valence-corrected chi connectivity index (χ2v) is 8.47. The van der Waals surface area contributed by atoms with Gasteiger partial charge in [-0.15, -0.1) is 10.2 Å². The summed E-state index contributed by atoms with van der Waals surface area (Å²) < 4.78 is 0.824. The van der Waals surface area contributed by atoms with Crippen LogP contribution in [0.3, 0.4) is 0 Å². The zero-order valence-electron chi connectivity index (χ0n) is 13.6. The Kier molecular flexibility index (Phi) is 6.91. The van der Waals surface area contributed by atoms with Crippen molar-refractivity contribution in [2.24, 2.45) is 0 Å². The first kappa shape index (κ1) is 19.2. The van der Waals surface area contributed by atoms with Gasteiger partial charge in [0.1, 0.15) is 0 Å². The lowest BCUT2D eigenvalue weighted by Gasteiger charge is -2.04. The number of halogens is 2. The van der Waals surface area contributed by atoms with Crippen molar-refractivity contribution in [3.8, 4) is 0 Å². The number of thioether (sulfide) groups is 1. The molecule has 1 heterocycles. The molecular formula is C18H15Cl2N3OS2. The number of aromatic nitrogens is 2. The molecule has 26 heavy (non-hydrogen) atoms. The summed E-state index contributed by atoms with van der Waals surface area (Å²) in [7, 11) is 0. The van der Waals surface area contributed by atoms with E-state index in [9.17, 15) is 4.79 Å². The molecule has 1 aromatic heterocycles. The molecule has 0 unspecified atom stereocenters. The Balaban J connectivity index is 1.48. The van der Waals surface area contributed by atoms with Crippen LogP contribution in [0.5, 0.6) is 0 Å². The second kappa shape index (κ2) is 9.37. The van der Waals surface area contributed by atoms with Crippen LogP contribution in [0.25, 0.3) is 0 Å². The average molecular weight is 424 g/mol. The summed E-state index contributed by atoms with van der Waals surface area (Å²) in [5.41, 5.74) is 2.11. The summed E-state index contributed by atoms with van der Waals surface area (Å²) in [5.74, 6) is 0.699. The van der Waals surface area contributed by atoms with E-state index in [0.717, 1.165) is 15.7 Å². The number of rotatable bonds is 7. The van der Waals surface area contributed by atoms with E-state index in [0.29, 0.717) is 28.0 Å². The normalized spacial score (nSPS) is 10.7. The highest BCUT2D eigenvalue weighted by atomic mass is 35.5. The number of nitrogens with zero attached hydrogens (tertiary/aromatic N) is 2. The molecule has 0 aliphatic rings. The smallest absolute Gasteiger partial charge is 0.226 e. The summed E-state index contributed by atoms with van der Waals surface area (Å²) in [4.78, 5) is 12.1. The van der Waals surface area contributed by atoms with Crippen LogP contribution in [-0.4, -0.2) is 16.1 Å². The van der Waals surface area contributed by atoms with E-state index in [-0.39, 0.29) is 5.91 Å². The molecule has 0 radical (unpaired) electrons. The number of nitrogens with one attached hydrogen (secondary N) is 1. The lowest BCUT2D eigenvalue weighted by atomic mass is 10.1. The molecule has 0 aliphatic heterocycles. The van der Waals surface area contributed by atoms with Crippen molar-refractivity contribution in [1.82, 2.24) is 10.2 Å². The van der Waals surface area contributed by atoms with E-state index in [4.69, 9.17) is 23.2 Å². The van der Waals surface area contributed by atoms with E-state index in [2.05, 4.69) is 27.6 Å². The van der Waals surface area contributed by atoms with E-state index < -0.39 is 0 Å². The minimum absolute atomic E-state index is 0.119. The number of hydrogen-bond donors (Lipinski definition) is 1. The quantitative estimate of drug-likeness (QED) is 0.390. The van der Waals surface area contributed by atoms with Gasteiger partial charge in [-0.2, -0.15) is 0 Å². The van der Waals surface area contributed by atoms with Gasteiger partial charge in [0, 0.05) is 22.2 Å². The summed E-state index contributed by atoms with van der Waals surface area (Å²) in [6.07, 6.45) is 0.851. The lowest BCUT2D eigenvalue weighted by molar-refractivity contribution is -0.116. The van der Waals surface area contributed by atoms with E-state index in [1.807, 2.05) is 24.3 Å². The number of aryl methyl sites for hydroxylation is 1. The topological polar surface area (TPSA) is 54.9 Å². The molecule has 4 nitrogen and oxygen atoms in total. The Bertz CT molecular complexity index is 887. The third-order valence-corrected chi connectivity index (χ3v) is 6.12. The van der Waals surface area contributed by atoms with Crippen LogP contribution in [0.2, 0.25) is 10.0 Å². The molecule has 134 valence electrons. The van der Waals surface area contributed by atoms with Gasteiger partial charge >= 0.3 is 0 Å². The number of carbonyl (C=O) groups excluding carboxylic acids is 1. The number of carbonyl (C=O) groups is 1. The van der Waals surface area contributed by atoms with E-state index in [1.165, 1.54) is 16.9 Å². The monoisotopic (exact) mass is 423 g/mol. The highest BCUT2D eigenvalue weighted by Gasteiger charge is 2.10. The fraction of sp³-hybridized carbons (Fsp3) is 0.167. The molecule has 0 spiro atoms. The van der Waals surface area contributed by atoms with Crippen LogP contribution in [0.4, 0.5) is 5.13 Å². The minimum Gasteiger partial charge on any atom is -0.300 e. The Labute approximate surface area is 169 Å². The van der Waals surface area contributed by atoms with Crippen LogP contribution in [0.15, 0.2) is 52.9 Å². The van der Waals surface area contributed by atoms with Gasteiger partial charge in [-0.1, -0.05) is 82.7 Å². The Morgan fingerprint density at radius 3 is 2.69 bits per heavy atom. The van der Waals surface area contributed by atoms with Gasteiger partial charge < -0.3 is 5.32 Å². The standard InChI is InChI=1S/C18H15Cl2N3OS2/c19-14-8-6-13(15(20)10-14)7-9-16(24)21-17-22-23-18(26-17)25-11-12-4-2-1-3-5-12/h1-6,8,10H,7,9,11H2,(H,21,22,24). The van der Waals surface area contributed by atoms with Gasteiger partial charge in [0.15, 0.2) is 4.34 Å². The SMILES string of the molecule is O=C(CCc1ccc(Cl)cc1Cl)Nc1nnc(SCc2ccccc2)s1. The maximum atomic E-state index is 12.1. The maximum absolute atomic E-state index is 12.1. The first-order chi connectivity index (χ1) is 12.6. The number of anilines is 1. The van der Waals surface area contributed by atoms with Gasteiger partial charge in [0.05, 0.1) is 0 Å². The first-order valence-electron chi connectivity index (χ1n) is 7.84. The highest BCUT2D eigenvalue weighted by molar-refractivity contribution is 8.00. The average Bonchev–Trinajstić information content (AvgIpc) is 3.07. The Hall–Kier alpha value is -1.60. The van der Waals surface area contributed by atoms with Crippen molar-refractivity contribution in [2.75, 3.05) is 5.32 Å². The fourth-order valence-electron chi connectivity index (χ4n) is 2.19. The largest absolute Gasteiger partial charge is 0.300 e. The zero-order valence-corrected chi connectivity index (χ0v) is 16.8. The van der Waals surface area contributed by atoms with Crippen LogP contribution in [0, 0.1) is 0 Å². The fourth-order valence-corrected chi connectivity index (χ4v) is 4.42. The van der Waals surface area contributed by atoms with Crippen molar-refractivity contribution < 1.29 is 4.79 Å². The van der Waals surface area contributed by atoms with Crippen LogP contribution >= 0.6 is 46.3 Å². The molecule has 0 fully saturated rings. The van der Waals surface area contributed by atoms with Crippen molar-refractivity contribution in [3.63, 3.8) is 0 Å². The molecule has 2 aromatic carbocycles. The summed E-state index contributed by atoms with van der Waals surface area (Å²) in [5, 5.41) is 12.6. The van der Waals surface area contributed by atoms with Crippen molar-refractivity contribution >= 4 is 57.3 Å². The molecule has 0 saturated carbocycles. The Morgan fingerprint density at radius 1 is 1.12 bits per heavy atom. The molecule has 1 amide bonds. The van der Waals surface area contributed by atoms with E-state index >= 15 is 0 Å². The van der Waals surface area contributed by atoms with Gasteiger partial charge in [-0.05, 0) is 29.7 Å². The molecule has 1 N–H and O–H groups in total. The van der Waals surface area contributed by atoms with Gasteiger partial charge in [0.25, 0.3) is 0 Å². The molecule has 0 bridgehead atoms.